The Kier molecular flexibility index (Phi) is 4.55. The van der Waals surface area contributed by atoms with Crippen molar-refractivity contribution in [2.75, 3.05) is 11.1 Å². The molecule has 0 atom stereocenters. The van der Waals surface area contributed by atoms with Gasteiger partial charge in [-0.1, -0.05) is 35.9 Å². The van der Waals surface area contributed by atoms with Crippen LogP contribution in [0.15, 0.2) is 48.5 Å². The number of hydrogen-bond donors (Lipinski definition) is 3. The van der Waals surface area contributed by atoms with Crippen molar-refractivity contribution in [2.24, 2.45) is 0 Å². The summed E-state index contributed by atoms with van der Waals surface area (Å²) in [6.45, 7) is 1.84. The summed E-state index contributed by atoms with van der Waals surface area (Å²) in [5.41, 5.74) is 8.66. The Morgan fingerprint density at radius 1 is 1.11 bits per heavy atom. The van der Waals surface area contributed by atoms with Gasteiger partial charge in [0.25, 0.3) is 0 Å². The van der Waals surface area contributed by atoms with E-state index in [9.17, 15) is 4.79 Å². The Labute approximate surface area is 160 Å². The van der Waals surface area contributed by atoms with E-state index in [4.69, 9.17) is 10.5 Å². The topological polar surface area (TPSA) is 132 Å². The van der Waals surface area contributed by atoms with Crippen LogP contribution in [0.1, 0.15) is 21.9 Å². The lowest BCUT2D eigenvalue weighted by atomic mass is 10.2. The molecule has 9 nitrogen and oxygen atoms in total. The van der Waals surface area contributed by atoms with Gasteiger partial charge in [-0.25, -0.2) is 4.79 Å². The van der Waals surface area contributed by atoms with Crippen LogP contribution < -0.4 is 11.1 Å². The van der Waals surface area contributed by atoms with Gasteiger partial charge in [0.1, 0.15) is 0 Å². The van der Waals surface area contributed by atoms with Gasteiger partial charge in [0.05, 0.1) is 5.52 Å². The lowest BCUT2D eigenvalue weighted by molar-refractivity contribution is 0.0457. The maximum absolute atomic E-state index is 12.4. The van der Waals surface area contributed by atoms with Crippen molar-refractivity contribution in [3.8, 4) is 0 Å². The molecule has 0 unspecified atom stereocenters. The van der Waals surface area contributed by atoms with Crippen LogP contribution in [0, 0.1) is 6.92 Å². The van der Waals surface area contributed by atoms with Crippen molar-refractivity contribution in [3.63, 3.8) is 0 Å². The molecule has 0 radical (unpaired) electrons. The molecule has 28 heavy (non-hydrogen) atoms. The molecule has 0 fully saturated rings. The highest BCUT2D eigenvalue weighted by molar-refractivity contribution is 6.01. The average Bonchev–Trinajstić information content (AvgIpc) is 3.12. The number of rotatable bonds is 5. The van der Waals surface area contributed by atoms with Gasteiger partial charge in [-0.3, -0.25) is 5.10 Å². The molecule has 4 aromatic rings. The quantitative estimate of drug-likeness (QED) is 0.454. The second-order valence-electron chi connectivity index (χ2n) is 6.12. The number of nitrogens with one attached hydrogen (secondary N) is 2. The minimum Gasteiger partial charge on any atom is -0.453 e. The number of hydrogen-bond acceptors (Lipinski definition) is 8. The Morgan fingerprint density at radius 3 is 2.71 bits per heavy atom. The van der Waals surface area contributed by atoms with E-state index >= 15 is 0 Å². The fourth-order valence-electron chi connectivity index (χ4n) is 2.64. The smallest absolute Gasteiger partial charge is 0.359 e. The zero-order valence-electron chi connectivity index (χ0n) is 15.0. The number of H-pyrrole nitrogens is 1. The number of aromatic amines is 1. The van der Waals surface area contributed by atoms with Crippen LogP contribution in [0.3, 0.4) is 0 Å². The molecular formula is C19H17N7O2. The summed E-state index contributed by atoms with van der Waals surface area (Å²) in [6, 6.07) is 15.0. The molecule has 0 saturated carbocycles. The van der Waals surface area contributed by atoms with Crippen molar-refractivity contribution in [1.82, 2.24) is 25.1 Å². The van der Waals surface area contributed by atoms with Crippen LogP contribution in [-0.4, -0.2) is 31.1 Å². The normalized spacial score (nSPS) is 10.8. The van der Waals surface area contributed by atoms with E-state index in [1.807, 2.05) is 49.4 Å². The first-order valence-electron chi connectivity index (χ1n) is 8.53. The molecule has 4 N–H and O–H groups in total. The molecule has 2 heterocycles. The summed E-state index contributed by atoms with van der Waals surface area (Å²) in [7, 11) is 0. The maximum Gasteiger partial charge on any atom is 0.359 e. The van der Waals surface area contributed by atoms with Crippen LogP contribution in [-0.2, 0) is 11.3 Å². The largest absolute Gasteiger partial charge is 0.453 e. The SMILES string of the molecule is Cc1ccc(Nc2nc(N)nc(COC(=O)c3n[nH]c4ccccc34)n2)cc1. The minimum atomic E-state index is -0.579. The number of fused-ring (bicyclic) bond motifs is 1. The Balaban J connectivity index is 1.48. The third-order valence-electron chi connectivity index (χ3n) is 4.00. The van der Waals surface area contributed by atoms with E-state index < -0.39 is 5.97 Å². The van der Waals surface area contributed by atoms with Gasteiger partial charge < -0.3 is 15.8 Å². The molecule has 0 saturated heterocycles. The van der Waals surface area contributed by atoms with Crippen LogP contribution >= 0.6 is 0 Å². The van der Waals surface area contributed by atoms with Crippen LogP contribution in [0.4, 0.5) is 17.6 Å². The number of aromatic nitrogens is 5. The van der Waals surface area contributed by atoms with E-state index in [1.165, 1.54) is 0 Å². The van der Waals surface area contributed by atoms with Gasteiger partial charge in [0, 0.05) is 11.1 Å². The van der Waals surface area contributed by atoms with E-state index in [2.05, 4.69) is 30.5 Å². The van der Waals surface area contributed by atoms with Gasteiger partial charge in [-0.05, 0) is 25.1 Å². The zero-order chi connectivity index (χ0) is 19.5. The predicted octanol–water partition coefficient (Wildman–Crippen LogP) is 2.74. The Bertz CT molecular complexity index is 1140. The van der Waals surface area contributed by atoms with E-state index in [-0.39, 0.29) is 30.0 Å². The van der Waals surface area contributed by atoms with Gasteiger partial charge in [-0.15, -0.1) is 0 Å². The molecule has 0 bridgehead atoms. The summed E-state index contributed by atoms with van der Waals surface area (Å²) in [6.07, 6.45) is 0. The van der Waals surface area contributed by atoms with Crippen molar-refractivity contribution in [3.05, 3.63) is 65.6 Å². The third kappa shape index (κ3) is 3.73. The van der Waals surface area contributed by atoms with E-state index in [1.54, 1.807) is 6.07 Å². The minimum absolute atomic E-state index is 0.0286. The number of nitrogen functional groups attached to an aromatic ring is 1. The molecule has 9 heteroatoms. The van der Waals surface area contributed by atoms with Crippen LogP contribution in [0.2, 0.25) is 0 Å². The van der Waals surface area contributed by atoms with Crippen molar-refractivity contribution < 1.29 is 9.53 Å². The zero-order valence-corrected chi connectivity index (χ0v) is 15.0. The molecule has 4 rings (SSSR count). The maximum atomic E-state index is 12.4. The average molecular weight is 375 g/mol. The number of anilines is 3. The summed E-state index contributed by atoms with van der Waals surface area (Å²) in [5.74, 6) is -0.0479. The number of esters is 1. The van der Waals surface area contributed by atoms with Gasteiger partial charge in [-0.2, -0.15) is 20.1 Å². The summed E-state index contributed by atoms with van der Waals surface area (Å²) in [5, 5.41) is 10.5. The number of ether oxygens (including phenoxy) is 1. The van der Waals surface area contributed by atoms with Gasteiger partial charge in [0.2, 0.25) is 11.9 Å². The van der Waals surface area contributed by atoms with Gasteiger partial charge in [0.15, 0.2) is 18.1 Å². The lowest BCUT2D eigenvalue weighted by Crippen LogP contribution is -2.11. The summed E-state index contributed by atoms with van der Waals surface area (Å²) in [4.78, 5) is 24.7. The molecule has 0 aliphatic rings. The summed E-state index contributed by atoms with van der Waals surface area (Å²) >= 11 is 0. The first kappa shape index (κ1) is 17.4. The highest BCUT2D eigenvalue weighted by Crippen LogP contribution is 2.17. The van der Waals surface area contributed by atoms with Crippen LogP contribution in [0.5, 0.6) is 0 Å². The second-order valence-corrected chi connectivity index (χ2v) is 6.12. The lowest BCUT2D eigenvalue weighted by Gasteiger charge is -2.08. The van der Waals surface area contributed by atoms with Crippen molar-refractivity contribution in [2.45, 2.75) is 13.5 Å². The molecule has 140 valence electrons. The number of nitrogens with two attached hydrogens (primary N) is 1. The Hall–Kier alpha value is -4.01. The number of benzene rings is 2. The highest BCUT2D eigenvalue weighted by Gasteiger charge is 2.16. The molecule has 2 aromatic heterocycles. The number of nitrogens with zero attached hydrogens (tertiary/aromatic N) is 4. The standard InChI is InChI=1S/C19H17N7O2/c1-11-6-8-12(9-7-11)21-19-23-15(22-18(20)24-19)10-28-17(27)16-13-4-2-3-5-14(13)25-26-16/h2-9H,10H2,1H3,(H,25,26)(H3,20,21,22,23,24). The molecule has 0 amide bonds. The first-order chi connectivity index (χ1) is 13.6. The second kappa shape index (κ2) is 7.31. The summed E-state index contributed by atoms with van der Waals surface area (Å²) < 4.78 is 5.30. The first-order valence-corrected chi connectivity index (χ1v) is 8.53. The number of aryl methyl sites for hydroxylation is 1. The Morgan fingerprint density at radius 2 is 1.89 bits per heavy atom. The molecule has 0 aliphatic heterocycles. The molecule has 0 aliphatic carbocycles. The number of carbonyl (C=O) groups excluding carboxylic acids is 1. The van der Waals surface area contributed by atoms with Gasteiger partial charge >= 0.3 is 5.97 Å². The molecule has 2 aromatic carbocycles. The monoisotopic (exact) mass is 375 g/mol. The predicted molar refractivity (Wildman–Crippen MR) is 104 cm³/mol. The number of para-hydroxylation sites is 1. The third-order valence-corrected chi connectivity index (χ3v) is 4.00. The van der Waals surface area contributed by atoms with Crippen molar-refractivity contribution >= 4 is 34.5 Å². The fourth-order valence-corrected chi connectivity index (χ4v) is 2.64. The fraction of sp³-hybridized carbons (Fsp3) is 0.105. The van der Waals surface area contributed by atoms with Crippen molar-refractivity contribution in [1.29, 1.82) is 0 Å². The molecular weight excluding hydrogens is 358 g/mol. The molecule has 0 spiro atoms. The highest BCUT2D eigenvalue weighted by atomic mass is 16.5. The number of carbonyl (C=O) groups is 1. The van der Waals surface area contributed by atoms with Crippen LogP contribution in [0.25, 0.3) is 10.9 Å². The van der Waals surface area contributed by atoms with E-state index in [0.717, 1.165) is 16.8 Å². The van der Waals surface area contributed by atoms with E-state index in [0.29, 0.717) is 5.39 Å².